The Morgan fingerprint density at radius 3 is 2.67 bits per heavy atom. The lowest BCUT2D eigenvalue weighted by Crippen LogP contribution is -2.09. The number of aromatic nitrogens is 6. The van der Waals surface area contributed by atoms with Gasteiger partial charge in [-0.1, -0.05) is 18.2 Å². The molecule has 0 saturated heterocycles. The van der Waals surface area contributed by atoms with Crippen LogP contribution in [0.15, 0.2) is 42.6 Å². The van der Waals surface area contributed by atoms with Crippen LogP contribution in [0.4, 0.5) is 4.39 Å². The van der Waals surface area contributed by atoms with Gasteiger partial charge in [0.05, 0.1) is 11.9 Å². The number of carbonyl (C=O) groups is 1. The molecule has 0 saturated carbocycles. The maximum absolute atomic E-state index is 14.0. The van der Waals surface area contributed by atoms with E-state index in [4.69, 9.17) is 0 Å². The number of carboxylic acids is 1. The highest BCUT2D eigenvalue weighted by Crippen LogP contribution is 2.25. The van der Waals surface area contributed by atoms with Crippen molar-refractivity contribution in [3.8, 4) is 11.5 Å². The standard InChI is InChI=1S/C18H15FN6O2/c1-2-24-17(18(26)27)21-15(23-24)14-12-7-5-9-20-16(12)25(22-14)10-11-6-3-4-8-13(11)19/h3-9H,2,10H2,1H3,(H,26,27). The Morgan fingerprint density at radius 2 is 1.96 bits per heavy atom. The Labute approximate surface area is 152 Å². The van der Waals surface area contributed by atoms with E-state index < -0.39 is 5.97 Å². The third-order valence-corrected chi connectivity index (χ3v) is 4.16. The summed E-state index contributed by atoms with van der Waals surface area (Å²) in [6.07, 6.45) is 1.62. The van der Waals surface area contributed by atoms with Crippen molar-refractivity contribution in [2.45, 2.75) is 20.0 Å². The zero-order valence-electron chi connectivity index (χ0n) is 14.4. The van der Waals surface area contributed by atoms with Gasteiger partial charge < -0.3 is 5.11 Å². The van der Waals surface area contributed by atoms with E-state index in [1.165, 1.54) is 10.7 Å². The minimum absolute atomic E-state index is 0.159. The van der Waals surface area contributed by atoms with Gasteiger partial charge in [0, 0.05) is 18.3 Å². The zero-order valence-corrected chi connectivity index (χ0v) is 14.4. The first-order valence-corrected chi connectivity index (χ1v) is 8.32. The Morgan fingerprint density at radius 1 is 1.15 bits per heavy atom. The molecule has 9 heteroatoms. The average Bonchev–Trinajstić information content (AvgIpc) is 3.25. The lowest BCUT2D eigenvalue weighted by molar-refractivity contribution is 0.0676. The number of aryl methyl sites for hydroxylation is 1. The molecular weight excluding hydrogens is 351 g/mol. The fraction of sp³-hybridized carbons (Fsp3) is 0.167. The van der Waals surface area contributed by atoms with E-state index >= 15 is 0 Å². The van der Waals surface area contributed by atoms with Crippen LogP contribution in [-0.2, 0) is 13.1 Å². The quantitative estimate of drug-likeness (QED) is 0.583. The summed E-state index contributed by atoms with van der Waals surface area (Å²) in [5, 5.41) is 18.7. The molecule has 0 aliphatic heterocycles. The van der Waals surface area contributed by atoms with E-state index in [0.717, 1.165) is 0 Å². The van der Waals surface area contributed by atoms with E-state index in [1.54, 1.807) is 48.1 Å². The molecule has 0 bridgehead atoms. The lowest BCUT2D eigenvalue weighted by Gasteiger charge is -2.04. The Balaban J connectivity index is 1.86. The molecule has 27 heavy (non-hydrogen) atoms. The summed E-state index contributed by atoms with van der Waals surface area (Å²) < 4.78 is 16.9. The maximum atomic E-state index is 14.0. The molecule has 0 unspecified atom stereocenters. The van der Waals surface area contributed by atoms with Crippen molar-refractivity contribution in [3.05, 3.63) is 59.8 Å². The summed E-state index contributed by atoms with van der Waals surface area (Å²) >= 11 is 0. The predicted molar refractivity (Wildman–Crippen MR) is 94.7 cm³/mol. The number of hydrogen-bond acceptors (Lipinski definition) is 5. The van der Waals surface area contributed by atoms with Crippen LogP contribution in [0.5, 0.6) is 0 Å². The van der Waals surface area contributed by atoms with Crippen molar-refractivity contribution >= 4 is 17.0 Å². The van der Waals surface area contributed by atoms with Gasteiger partial charge in [-0.25, -0.2) is 23.5 Å². The topological polar surface area (TPSA) is 98.7 Å². The molecule has 0 radical (unpaired) electrons. The number of carboxylic acid groups (broad SMARTS) is 1. The number of fused-ring (bicyclic) bond motifs is 1. The molecule has 4 aromatic rings. The predicted octanol–water partition coefficient (Wildman–Crippen LogP) is 2.60. The van der Waals surface area contributed by atoms with Crippen LogP contribution >= 0.6 is 0 Å². The largest absolute Gasteiger partial charge is 0.475 e. The number of hydrogen-bond donors (Lipinski definition) is 1. The maximum Gasteiger partial charge on any atom is 0.373 e. The van der Waals surface area contributed by atoms with E-state index in [9.17, 15) is 14.3 Å². The number of pyridine rings is 1. The third kappa shape index (κ3) is 2.92. The molecule has 0 spiro atoms. The van der Waals surface area contributed by atoms with E-state index in [2.05, 4.69) is 20.2 Å². The fourth-order valence-corrected chi connectivity index (χ4v) is 2.89. The molecule has 1 aromatic carbocycles. The summed E-state index contributed by atoms with van der Waals surface area (Å²) in [6.45, 7) is 2.32. The highest BCUT2D eigenvalue weighted by atomic mass is 19.1. The second-order valence-electron chi connectivity index (χ2n) is 5.85. The van der Waals surface area contributed by atoms with Crippen LogP contribution in [0, 0.1) is 5.82 Å². The molecule has 8 nitrogen and oxygen atoms in total. The van der Waals surface area contributed by atoms with Gasteiger partial charge in [-0.05, 0) is 25.1 Å². The molecule has 0 aliphatic rings. The van der Waals surface area contributed by atoms with Crippen molar-refractivity contribution in [3.63, 3.8) is 0 Å². The number of aromatic carboxylic acids is 1. The van der Waals surface area contributed by atoms with Gasteiger partial charge in [0.2, 0.25) is 11.6 Å². The van der Waals surface area contributed by atoms with Gasteiger partial charge in [-0.15, -0.1) is 5.10 Å². The first-order chi connectivity index (χ1) is 13.1. The summed E-state index contributed by atoms with van der Waals surface area (Å²) in [6, 6.07) is 9.99. The highest BCUT2D eigenvalue weighted by Gasteiger charge is 2.22. The Hall–Kier alpha value is -3.62. The van der Waals surface area contributed by atoms with Gasteiger partial charge in [0.15, 0.2) is 5.65 Å². The van der Waals surface area contributed by atoms with Gasteiger partial charge in [-0.3, -0.25) is 0 Å². The molecule has 0 amide bonds. The third-order valence-electron chi connectivity index (χ3n) is 4.16. The van der Waals surface area contributed by atoms with Crippen LogP contribution in [0.3, 0.4) is 0 Å². The van der Waals surface area contributed by atoms with Crippen LogP contribution < -0.4 is 0 Å². The van der Waals surface area contributed by atoms with Crippen molar-refractivity contribution in [1.82, 2.24) is 29.5 Å². The van der Waals surface area contributed by atoms with Crippen LogP contribution in [0.1, 0.15) is 23.1 Å². The first-order valence-electron chi connectivity index (χ1n) is 8.32. The summed E-state index contributed by atoms with van der Waals surface area (Å²) in [7, 11) is 0. The van der Waals surface area contributed by atoms with Gasteiger partial charge >= 0.3 is 5.97 Å². The number of nitrogens with zero attached hydrogens (tertiary/aromatic N) is 6. The van der Waals surface area contributed by atoms with Crippen molar-refractivity contribution in [2.75, 3.05) is 0 Å². The normalized spacial score (nSPS) is 11.2. The van der Waals surface area contributed by atoms with Crippen molar-refractivity contribution < 1.29 is 14.3 Å². The van der Waals surface area contributed by atoms with E-state index in [1.807, 2.05) is 0 Å². The fourth-order valence-electron chi connectivity index (χ4n) is 2.89. The number of halogens is 1. The van der Waals surface area contributed by atoms with Crippen LogP contribution in [0.25, 0.3) is 22.6 Å². The second-order valence-corrected chi connectivity index (χ2v) is 5.85. The smallest absolute Gasteiger partial charge is 0.373 e. The monoisotopic (exact) mass is 366 g/mol. The molecule has 3 aromatic heterocycles. The van der Waals surface area contributed by atoms with Crippen LogP contribution in [0.2, 0.25) is 0 Å². The Bertz CT molecular complexity index is 1150. The first kappa shape index (κ1) is 16.8. The average molecular weight is 366 g/mol. The SMILES string of the molecule is CCn1nc(-c2nn(Cc3ccccc3F)c3ncccc23)nc1C(=O)O. The molecule has 0 aliphatic carbocycles. The van der Waals surface area contributed by atoms with Crippen molar-refractivity contribution in [1.29, 1.82) is 0 Å². The van der Waals surface area contributed by atoms with Gasteiger partial charge in [0.25, 0.3) is 0 Å². The van der Waals surface area contributed by atoms with Crippen molar-refractivity contribution in [2.24, 2.45) is 0 Å². The number of rotatable bonds is 5. The summed E-state index contributed by atoms with van der Waals surface area (Å²) in [5.74, 6) is -1.46. The van der Waals surface area contributed by atoms with E-state index in [-0.39, 0.29) is 24.0 Å². The second kappa shape index (κ2) is 6.60. The molecular formula is C18H15FN6O2. The lowest BCUT2D eigenvalue weighted by atomic mass is 10.2. The molecule has 0 atom stereocenters. The molecule has 3 heterocycles. The summed E-state index contributed by atoms with van der Waals surface area (Å²) in [4.78, 5) is 19.8. The molecule has 136 valence electrons. The molecule has 0 fully saturated rings. The molecule has 4 rings (SSSR count). The number of benzene rings is 1. The van der Waals surface area contributed by atoms with Gasteiger partial charge in [-0.2, -0.15) is 10.1 Å². The summed E-state index contributed by atoms with van der Waals surface area (Å²) in [5.41, 5.74) is 1.42. The van der Waals surface area contributed by atoms with Gasteiger partial charge in [0.1, 0.15) is 11.5 Å². The minimum Gasteiger partial charge on any atom is -0.475 e. The zero-order chi connectivity index (χ0) is 19.0. The van der Waals surface area contributed by atoms with Crippen LogP contribution in [-0.4, -0.2) is 40.6 Å². The highest BCUT2D eigenvalue weighted by molar-refractivity contribution is 5.90. The minimum atomic E-state index is -1.16. The Kier molecular flexibility index (Phi) is 4.11. The van der Waals surface area contributed by atoms with E-state index in [0.29, 0.717) is 28.8 Å². The molecule has 1 N–H and O–H groups in total.